The van der Waals surface area contributed by atoms with Gasteiger partial charge < -0.3 is 15.7 Å². The van der Waals surface area contributed by atoms with Gasteiger partial charge in [-0.25, -0.2) is 4.79 Å². The van der Waals surface area contributed by atoms with Crippen LogP contribution in [-0.4, -0.2) is 21.8 Å². The Morgan fingerprint density at radius 3 is 2.47 bits per heavy atom. The van der Waals surface area contributed by atoms with Crippen molar-refractivity contribution < 1.29 is 19.4 Å². The third kappa shape index (κ3) is 4.99. The highest BCUT2D eigenvalue weighted by molar-refractivity contribution is 7.62. The third-order valence-corrected chi connectivity index (χ3v) is 4.57. The Balaban J connectivity index is 2.83. The lowest BCUT2D eigenvalue weighted by atomic mass is 10.1. The SMILES string of the molecule is CC(N)P(=O)(O)C=C(CCc1ccccc1)C(=O)O. The lowest BCUT2D eigenvalue weighted by molar-refractivity contribution is -0.132. The van der Waals surface area contributed by atoms with Gasteiger partial charge in [0.05, 0.1) is 5.78 Å². The first kappa shape index (κ1) is 15.6. The molecule has 0 fully saturated rings. The standard InChI is InChI=1S/C13H18NO4P/c1-10(14)19(17,18)9-12(13(15)16)8-7-11-5-3-2-4-6-11/h2-6,9-10H,7-8,14H2,1H3,(H,15,16)(H,17,18). The highest BCUT2D eigenvalue weighted by Crippen LogP contribution is 2.46. The maximum atomic E-state index is 11.7. The number of hydrogen-bond acceptors (Lipinski definition) is 3. The minimum atomic E-state index is -3.76. The summed E-state index contributed by atoms with van der Waals surface area (Å²) in [6.45, 7) is 1.38. The predicted octanol–water partition coefficient (Wildman–Crippen LogP) is 2.16. The van der Waals surface area contributed by atoms with Gasteiger partial charge >= 0.3 is 5.97 Å². The summed E-state index contributed by atoms with van der Waals surface area (Å²) in [5.74, 6) is -1.26. The van der Waals surface area contributed by atoms with Gasteiger partial charge in [0.1, 0.15) is 0 Å². The Morgan fingerprint density at radius 2 is 2.00 bits per heavy atom. The summed E-state index contributed by atoms with van der Waals surface area (Å²) in [4.78, 5) is 20.7. The molecule has 6 heteroatoms. The Hall–Kier alpha value is -1.42. The van der Waals surface area contributed by atoms with Crippen LogP contribution in [0.1, 0.15) is 18.9 Å². The molecule has 0 heterocycles. The number of benzene rings is 1. The van der Waals surface area contributed by atoms with Crippen LogP contribution in [0.2, 0.25) is 0 Å². The molecule has 0 amide bonds. The molecular weight excluding hydrogens is 265 g/mol. The lowest BCUT2D eigenvalue weighted by Gasteiger charge is -2.12. The van der Waals surface area contributed by atoms with E-state index in [1.165, 1.54) is 6.92 Å². The number of carboxylic acids is 1. The van der Waals surface area contributed by atoms with Crippen LogP contribution in [-0.2, 0) is 15.8 Å². The predicted molar refractivity (Wildman–Crippen MR) is 74.0 cm³/mol. The van der Waals surface area contributed by atoms with E-state index in [1.54, 1.807) is 0 Å². The molecule has 2 unspecified atom stereocenters. The average molecular weight is 283 g/mol. The first-order chi connectivity index (χ1) is 8.83. The van der Waals surface area contributed by atoms with E-state index < -0.39 is 19.1 Å². The fourth-order valence-corrected chi connectivity index (χ4v) is 2.41. The summed E-state index contributed by atoms with van der Waals surface area (Å²) in [6, 6.07) is 9.35. The van der Waals surface area contributed by atoms with Gasteiger partial charge in [0.2, 0.25) is 7.37 Å². The van der Waals surface area contributed by atoms with Crippen LogP contribution in [0, 0.1) is 0 Å². The number of rotatable bonds is 6. The third-order valence-electron chi connectivity index (χ3n) is 2.72. The van der Waals surface area contributed by atoms with Crippen molar-refractivity contribution in [2.75, 3.05) is 0 Å². The molecule has 0 saturated carbocycles. The van der Waals surface area contributed by atoms with Crippen molar-refractivity contribution in [2.24, 2.45) is 5.73 Å². The Morgan fingerprint density at radius 1 is 1.42 bits per heavy atom. The quantitative estimate of drug-likeness (QED) is 0.548. The van der Waals surface area contributed by atoms with Gasteiger partial charge in [-0.05, 0) is 25.3 Å². The smallest absolute Gasteiger partial charge is 0.331 e. The largest absolute Gasteiger partial charge is 0.478 e. The molecule has 104 valence electrons. The van der Waals surface area contributed by atoms with Gasteiger partial charge in [0.25, 0.3) is 0 Å². The van der Waals surface area contributed by atoms with E-state index in [9.17, 15) is 14.3 Å². The molecule has 0 spiro atoms. The first-order valence-electron chi connectivity index (χ1n) is 5.89. The molecule has 0 aliphatic carbocycles. The van der Waals surface area contributed by atoms with E-state index in [0.29, 0.717) is 6.42 Å². The molecule has 1 rings (SSSR count). The maximum absolute atomic E-state index is 11.7. The summed E-state index contributed by atoms with van der Waals surface area (Å²) in [5.41, 5.74) is 6.27. The molecule has 0 aliphatic rings. The molecule has 0 radical (unpaired) electrons. The summed E-state index contributed by atoms with van der Waals surface area (Å²) in [5, 5.41) is 9.06. The second-order valence-corrected chi connectivity index (χ2v) is 6.78. The van der Waals surface area contributed by atoms with E-state index in [2.05, 4.69) is 0 Å². The van der Waals surface area contributed by atoms with Gasteiger partial charge in [-0.1, -0.05) is 30.3 Å². The molecule has 2 atom stereocenters. The Labute approximate surface area is 112 Å². The van der Waals surface area contributed by atoms with Crippen LogP contribution in [0.5, 0.6) is 0 Å². The van der Waals surface area contributed by atoms with Gasteiger partial charge in [0, 0.05) is 11.4 Å². The molecule has 0 aliphatic heterocycles. The second kappa shape index (κ2) is 6.66. The highest BCUT2D eigenvalue weighted by Gasteiger charge is 2.23. The molecule has 5 nitrogen and oxygen atoms in total. The fourth-order valence-electron chi connectivity index (χ4n) is 1.49. The van der Waals surface area contributed by atoms with Gasteiger partial charge in [-0.15, -0.1) is 0 Å². The lowest BCUT2D eigenvalue weighted by Crippen LogP contribution is -2.15. The molecule has 0 bridgehead atoms. The van der Waals surface area contributed by atoms with Crippen LogP contribution in [0.4, 0.5) is 0 Å². The number of nitrogens with two attached hydrogens (primary N) is 1. The second-order valence-electron chi connectivity index (χ2n) is 4.36. The topological polar surface area (TPSA) is 101 Å². The van der Waals surface area contributed by atoms with Crippen molar-refractivity contribution in [1.82, 2.24) is 0 Å². The van der Waals surface area contributed by atoms with Gasteiger partial charge in [-0.2, -0.15) is 0 Å². The zero-order valence-electron chi connectivity index (χ0n) is 10.7. The van der Waals surface area contributed by atoms with Crippen LogP contribution in [0.15, 0.2) is 41.7 Å². The number of hydrogen-bond donors (Lipinski definition) is 3. The van der Waals surface area contributed by atoms with Crippen molar-refractivity contribution in [3.05, 3.63) is 47.3 Å². The van der Waals surface area contributed by atoms with Crippen molar-refractivity contribution in [2.45, 2.75) is 25.5 Å². The number of aryl methyl sites for hydroxylation is 1. The summed E-state index contributed by atoms with van der Waals surface area (Å²) in [7, 11) is -3.76. The van der Waals surface area contributed by atoms with Gasteiger partial charge in [0.15, 0.2) is 0 Å². The minimum Gasteiger partial charge on any atom is -0.478 e. The summed E-state index contributed by atoms with van der Waals surface area (Å²) >= 11 is 0. The zero-order valence-corrected chi connectivity index (χ0v) is 11.6. The van der Waals surface area contributed by atoms with E-state index in [0.717, 1.165) is 11.4 Å². The molecule has 4 N–H and O–H groups in total. The van der Waals surface area contributed by atoms with Crippen LogP contribution >= 0.6 is 7.37 Å². The highest BCUT2D eigenvalue weighted by atomic mass is 31.2. The van der Waals surface area contributed by atoms with Crippen molar-refractivity contribution in [1.29, 1.82) is 0 Å². The van der Waals surface area contributed by atoms with Crippen molar-refractivity contribution in [3.63, 3.8) is 0 Å². The average Bonchev–Trinajstić information content (AvgIpc) is 2.35. The monoisotopic (exact) mass is 283 g/mol. The number of carbonyl (C=O) groups is 1. The van der Waals surface area contributed by atoms with Crippen molar-refractivity contribution in [3.8, 4) is 0 Å². The molecule has 19 heavy (non-hydrogen) atoms. The van der Waals surface area contributed by atoms with E-state index >= 15 is 0 Å². The van der Waals surface area contributed by atoms with Crippen LogP contribution < -0.4 is 5.73 Å². The van der Waals surface area contributed by atoms with E-state index in [-0.39, 0.29) is 12.0 Å². The van der Waals surface area contributed by atoms with Crippen molar-refractivity contribution >= 4 is 13.3 Å². The zero-order chi connectivity index (χ0) is 14.5. The number of aliphatic carboxylic acids is 1. The fraction of sp³-hybridized carbons (Fsp3) is 0.308. The number of carboxylic acid groups (broad SMARTS) is 1. The van der Waals surface area contributed by atoms with Gasteiger partial charge in [-0.3, -0.25) is 4.57 Å². The Kier molecular flexibility index (Phi) is 5.48. The van der Waals surface area contributed by atoms with Crippen LogP contribution in [0.3, 0.4) is 0 Å². The molecule has 0 saturated heterocycles. The summed E-state index contributed by atoms with van der Waals surface area (Å²) in [6.07, 6.45) is 0.689. The Bertz CT molecular complexity index is 511. The van der Waals surface area contributed by atoms with E-state index in [1.807, 2.05) is 30.3 Å². The molecule has 1 aromatic carbocycles. The summed E-state index contributed by atoms with van der Waals surface area (Å²) < 4.78 is 11.7. The first-order valence-corrected chi connectivity index (χ1v) is 7.69. The molecular formula is C13H18NO4P. The molecule has 1 aromatic rings. The molecule has 0 aromatic heterocycles. The maximum Gasteiger partial charge on any atom is 0.331 e. The van der Waals surface area contributed by atoms with Crippen LogP contribution in [0.25, 0.3) is 0 Å². The minimum absolute atomic E-state index is 0.0769. The van der Waals surface area contributed by atoms with E-state index in [4.69, 9.17) is 10.8 Å². The normalized spacial score (nSPS) is 16.7.